The van der Waals surface area contributed by atoms with Gasteiger partial charge in [0.2, 0.25) is 5.91 Å². The van der Waals surface area contributed by atoms with Crippen molar-refractivity contribution < 1.29 is 14.3 Å². The van der Waals surface area contributed by atoms with Gasteiger partial charge in [0.1, 0.15) is 5.75 Å². The van der Waals surface area contributed by atoms with Crippen molar-refractivity contribution in [3.8, 4) is 5.75 Å². The molecule has 0 atom stereocenters. The molecule has 0 bridgehead atoms. The van der Waals surface area contributed by atoms with Crippen molar-refractivity contribution in [3.63, 3.8) is 0 Å². The van der Waals surface area contributed by atoms with Gasteiger partial charge in [0.05, 0.1) is 7.11 Å². The van der Waals surface area contributed by atoms with E-state index in [-0.39, 0.29) is 17.5 Å². The first-order valence-corrected chi connectivity index (χ1v) is 8.47. The molecule has 0 radical (unpaired) electrons. The Morgan fingerprint density at radius 2 is 1.57 bits per heavy atom. The Morgan fingerprint density at radius 1 is 0.857 bits per heavy atom. The molecule has 1 aromatic heterocycles. The number of nitrogens with one attached hydrogen (secondary N) is 3. The molecule has 2 aromatic carbocycles. The average Bonchev–Trinajstić information content (AvgIpc) is 2.70. The number of aromatic nitrogens is 2. The molecular formula is C20H19N5O3. The molecule has 2 amide bonds. The Hall–Kier alpha value is -3.94. The van der Waals surface area contributed by atoms with Crippen LogP contribution in [0.5, 0.6) is 5.75 Å². The average molecular weight is 377 g/mol. The molecule has 0 saturated heterocycles. The van der Waals surface area contributed by atoms with Crippen LogP contribution < -0.4 is 20.7 Å². The summed E-state index contributed by atoms with van der Waals surface area (Å²) in [4.78, 5) is 23.3. The molecule has 3 rings (SSSR count). The lowest BCUT2D eigenvalue weighted by Crippen LogP contribution is -2.14. The molecular weight excluding hydrogens is 358 g/mol. The van der Waals surface area contributed by atoms with Crippen molar-refractivity contribution in [1.29, 1.82) is 0 Å². The van der Waals surface area contributed by atoms with Crippen LogP contribution in [0.25, 0.3) is 0 Å². The Bertz CT molecular complexity index is 972. The highest BCUT2D eigenvalue weighted by atomic mass is 16.5. The molecule has 0 aliphatic rings. The first-order valence-electron chi connectivity index (χ1n) is 8.47. The maximum Gasteiger partial charge on any atom is 0.276 e. The summed E-state index contributed by atoms with van der Waals surface area (Å²) in [6.45, 7) is 1.43. The lowest BCUT2D eigenvalue weighted by atomic mass is 10.2. The smallest absolute Gasteiger partial charge is 0.276 e. The van der Waals surface area contributed by atoms with E-state index in [0.29, 0.717) is 17.2 Å². The van der Waals surface area contributed by atoms with E-state index in [1.807, 2.05) is 24.3 Å². The van der Waals surface area contributed by atoms with Crippen LogP contribution in [0.15, 0.2) is 60.7 Å². The zero-order valence-electron chi connectivity index (χ0n) is 15.4. The highest BCUT2D eigenvalue weighted by Gasteiger charge is 2.09. The largest absolute Gasteiger partial charge is 0.497 e. The summed E-state index contributed by atoms with van der Waals surface area (Å²) in [7, 11) is 1.60. The third-order valence-electron chi connectivity index (χ3n) is 3.70. The van der Waals surface area contributed by atoms with E-state index >= 15 is 0 Å². The minimum absolute atomic E-state index is 0.158. The molecule has 0 saturated carbocycles. The van der Waals surface area contributed by atoms with Crippen molar-refractivity contribution in [2.45, 2.75) is 6.92 Å². The number of hydrogen-bond donors (Lipinski definition) is 3. The number of methoxy groups -OCH3 is 1. The highest BCUT2D eigenvalue weighted by molar-refractivity contribution is 6.03. The maximum absolute atomic E-state index is 12.3. The van der Waals surface area contributed by atoms with Gasteiger partial charge in [-0.25, -0.2) is 0 Å². The molecule has 0 unspecified atom stereocenters. The van der Waals surface area contributed by atoms with Crippen LogP contribution in [0, 0.1) is 0 Å². The van der Waals surface area contributed by atoms with Crippen LogP contribution in [0.3, 0.4) is 0 Å². The summed E-state index contributed by atoms with van der Waals surface area (Å²) < 4.78 is 5.18. The minimum atomic E-state index is -0.382. The third kappa shape index (κ3) is 5.04. The Kier molecular flexibility index (Phi) is 5.81. The fraction of sp³-hybridized carbons (Fsp3) is 0.100. The van der Waals surface area contributed by atoms with E-state index in [2.05, 4.69) is 26.1 Å². The summed E-state index contributed by atoms with van der Waals surface area (Å²) in [6.07, 6.45) is 0. The van der Waals surface area contributed by atoms with Gasteiger partial charge in [-0.1, -0.05) is 6.07 Å². The van der Waals surface area contributed by atoms with Gasteiger partial charge >= 0.3 is 0 Å². The van der Waals surface area contributed by atoms with Gasteiger partial charge in [-0.2, -0.15) is 0 Å². The van der Waals surface area contributed by atoms with Gasteiger partial charge in [-0.15, -0.1) is 10.2 Å². The number of ether oxygens (including phenoxy) is 1. The summed E-state index contributed by atoms with van der Waals surface area (Å²) in [5, 5.41) is 16.5. The summed E-state index contributed by atoms with van der Waals surface area (Å²) in [6, 6.07) is 17.4. The van der Waals surface area contributed by atoms with Crippen LogP contribution in [0.1, 0.15) is 17.4 Å². The Labute approximate surface area is 161 Å². The monoisotopic (exact) mass is 377 g/mol. The van der Waals surface area contributed by atoms with Gasteiger partial charge in [0.15, 0.2) is 11.5 Å². The zero-order valence-corrected chi connectivity index (χ0v) is 15.4. The third-order valence-corrected chi connectivity index (χ3v) is 3.70. The Balaban J connectivity index is 1.62. The lowest BCUT2D eigenvalue weighted by molar-refractivity contribution is -0.114. The fourth-order valence-corrected chi connectivity index (χ4v) is 2.40. The van der Waals surface area contributed by atoms with Gasteiger partial charge in [-0.05, 0) is 48.5 Å². The van der Waals surface area contributed by atoms with E-state index in [1.165, 1.54) is 6.92 Å². The van der Waals surface area contributed by atoms with Crippen molar-refractivity contribution in [1.82, 2.24) is 10.2 Å². The summed E-state index contributed by atoms with van der Waals surface area (Å²) >= 11 is 0. The second kappa shape index (κ2) is 8.63. The quantitative estimate of drug-likeness (QED) is 0.608. The van der Waals surface area contributed by atoms with Crippen LogP contribution in [0.4, 0.5) is 22.9 Å². The molecule has 0 spiro atoms. The van der Waals surface area contributed by atoms with Crippen molar-refractivity contribution in [3.05, 3.63) is 66.4 Å². The van der Waals surface area contributed by atoms with Gasteiger partial charge in [0, 0.05) is 30.1 Å². The van der Waals surface area contributed by atoms with Gasteiger partial charge in [0.25, 0.3) is 5.91 Å². The first-order chi connectivity index (χ1) is 13.5. The number of benzene rings is 2. The molecule has 0 aliphatic carbocycles. The van der Waals surface area contributed by atoms with Crippen molar-refractivity contribution in [2.75, 3.05) is 23.1 Å². The standard InChI is InChI=1S/C20H19N5O3/c1-13(26)21-14-6-8-15(9-7-14)23-20(27)18-10-11-19(25-24-18)22-16-4-3-5-17(12-16)28-2/h3-12H,1-2H3,(H,21,26)(H,22,25)(H,23,27). The van der Waals surface area contributed by atoms with E-state index in [4.69, 9.17) is 4.74 Å². The first kappa shape index (κ1) is 18.8. The maximum atomic E-state index is 12.3. The fourth-order valence-electron chi connectivity index (χ4n) is 2.40. The number of hydrogen-bond acceptors (Lipinski definition) is 6. The van der Waals surface area contributed by atoms with Crippen molar-refractivity contribution >= 4 is 34.7 Å². The van der Waals surface area contributed by atoms with Gasteiger partial charge < -0.3 is 20.7 Å². The van der Waals surface area contributed by atoms with Gasteiger partial charge in [-0.3, -0.25) is 9.59 Å². The molecule has 8 heteroatoms. The molecule has 0 aliphatic heterocycles. The highest BCUT2D eigenvalue weighted by Crippen LogP contribution is 2.20. The van der Waals surface area contributed by atoms with Crippen LogP contribution in [0.2, 0.25) is 0 Å². The van der Waals surface area contributed by atoms with E-state index in [0.717, 1.165) is 11.4 Å². The number of rotatable bonds is 6. The Morgan fingerprint density at radius 3 is 2.18 bits per heavy atom. The second-order valence-corrected chi connectivity index (χ2v) is 5.87. The predicted octanol–water partition coefficient (Wildman–Crippen LogP) is 3.44. The van der Waals surface area contributed by atoms with E-state index in [1.54, 1.807) is 43.5 Å². The molecule has 0 fully saturated rings. The predicted molar refractivity (Wildman–Crippen MR) is 107 cm³/mol. The lowest BCUT2D eigenvalue weighted by Gasteiger charge is -2.08. The van der Waals surface area contributed by atoms with Crippen LogP contribution in [-0.2, 0) is 4.79 Å². The molecule has 3 N–H and O–H groups in total. The van der Waals surface area contributed by atoms with Crippen LogP contribution in [-0.4, -0.2) is 29.1 Å². The van der Waals surface area contributed by atoms with E-state index < -0.39 is 0 Å². The summed E-state index contributed by atoms with van der Waals surface area (Å²) in [5.41, 5.74) is 2.21. The number of amides is 2. The summed E-state index contributed by atoms with van der Waals surface area (Å²) in [5.74, 6) is 0.686. The normalized spacial score (nSPS) is 10.1. The number of nitrogens with zero attached hydrogens (tertiary/aromatic N) is 2. The molecule has 142 valence electrons. The molecule has 1 heterocycles. The molecule has 8 nitrogen and oxygen atoms in total. The topological polar surface area (TPSA) is 105 Å². The SMILES string of the molecule is COc1cccc(Nc2ccc(C(=O)Nc3ccc(NC(C)=O)cc3)nn2)c1. The number of carbonyl (C=O) groups excluding carboxylic acids is 2. The van der Waals surface area contributed by atoms with E-state index in [9.17, 15) is 9.59 Å². The molecule has 28 heavy (non-hydrogen) atoms. The number of carbonyl (C=O) groups is 2. The minimum Gasteiger partial charge on any atom is -0.497 e. The number of anilines is 4. The zero-order chi connectivity index (χ0) is 19.9. The second-order valence-electron chi connectivity index (χ2n) is 5.87. The van der Waals surface area contributed by atoms with Crippen molar-refractivity contribution in [2.24, 2.45) is 0 Å². The van der Waals surface area contributed by atoms with Crippen LogP contribution >= 0.6 is 0 Å². The molecule has 3 aromatic rings.